The molecule has 3 rings (SSSR count). The minimum atomic E-state index is -3.77. The lowest BCUT2D eigenvalue weighted by molar-refractivity contribution is 0.0774. The standard InChI is InChI=1S/C12H17N3O3S/c1-14(8-2-3-8)12(16)11-6-10(19(13,17)18)7-15(11)9-4-5-9/h6-9H,2-5H2,1H3,(H2,13,17,18). The molecular weight excluding hydrogens is 266 g/mol. The third kappa shape index (κ3) is 2.40. The molecule has 1 heterocycles. The van der Waals surface area contributed by atoms with Crippen LogP contribution in [0.25, 0.3) is 0 Å². The van der Waals surface area contributed by atoms with Crippen molar-refractivity contribution in [2.24, 2.45) is 5.14 Å². The van der Waals surface area contributed by atoms with Gasteiger partial charge in [0.05, 0.1) is 0 Å². The van der Waals surface area contributed by atoms with Crippen molar-refractivity contribution in [3.63, 3.8) is 0 Å². The number of hydrogen-bond donors (Lipinski definition) is 1. The number of nitrogens with two attached hydrogens (primary N) is 1. The highest BCUT2D eigenvalue weighted by Gasteiger charge is 2.35. The summed E-state index contributed by atoms with van der Waals surface area (Å²) in [5.41, 5.74) is 0.431. The van der Waals surface area contributed by atoms with Crippen molar-refractivity contribution >= 4 is 15.9 Å². The van der Waals surface area contributed by atoms with Crippen LogP contribution in [0.4, 0.5) is 0 Å². The van der Waals surface area contributed by atoms with E-state index in [1.807, 2.05) is 0 Å². The van der Waals surface area contributed by atoms with Crippen LogP contribution in [0.2, 0.25) is 0 Å². The summed E-state index contributed by atoms with van der Waals surface area (Å²) in [7, 11) is -2.00. The molecule has 6 nitrogen and oxygen atoms in total. The number of carbonyl (C=O) groups excluding carboxylic acids is 1. The monoisotopic (exact) mass is 283 g/mol. The van der Waals surface area contributed by atoms with E-state index in [0.29, 0.717) is 11.7 Å². The van der Waals surface area contributed by atoms with Crippen molar-refractivity contribution in [1.82, 2.24) is 9.47 Å². The van der Waals surface area contributed by atoms with E-state index in [2.05, 4.69) is 0 Å². The predicted molar refractivity (Wildman–Crippen MR) is 69.2 cm³/mol. The molecule has 0 spiro atoms. The third-order valence-corrected chi connectivity index (χ3v) is 4.61. The molecule has 2 N–H and O–H groups in total. The number of carbonyl (C=O) groups is 1. The van der Waals surface area contributed by atoms with Crippen molar-refractivity contribution in [2.75, 3.05) is 7.05 Å². The molecule has 2 saturated carbocycles. The van der Waals surface area contributed by atoms with Crippen LogP contribution < -0.4 is 5.14 Å². The highest BCUT2D eigenvalue weighted by Crippen LogP contribution is 2.38. The maximum absolute atomic E-state index is 12.4. The topological polar surface area (TPSA) is 85.4 Å². The first-order valence-corrected chi connectivity index (χ1v) is 7.94. The van der Waals surface area contributed by atoms with Gasteiger partial charge >= 0.3 is 0 Å². The number of rotatable bonds is 4. The molecule has 0 aliphatic heterocycles. The van der Waals surface area contributed by atoms with Gasteiger partial charge in [-0.2, -0.15) is 0 Å². The van der Waals surface area contributed by atoms with Crippen LogP contribution in [0.3, 0.4) is 0 Å². The molecule has 2 aliphatic carbocycles. The normalized spacial score (nSPS) is 19.5. The molecule has 2 aliphatic rings. The van der Waals surface area contributed by atoms with E-state index in [1.54, 1.807) is 16.5 Å². The Morgan fingerprint density at radius 2 is 2.00 bits per heavy atom. The summed E-state index contributed by atoms with van der Waals surface area (Å²) in [5, 5.41) is 5.14. The zero-order valence-corrected chi connectivity index (χ0v) is 11.6. The fourth-order valence-electron chi connectivity index (χ4n) is 2.24. The summed E-state index contributed by atoms with van der Waals surface area (Å²) >= 11 is 0. The van der Waals surface area contributed by atoms with E-state index >= 15 is 0 Å². The SMILES string of the molecule is CN(C(=O)c1cc(S(N)(=O)=O)cn1C1CC1)C1CC1. The fraction of sp³-hybridized carbons (Fsp3) is 0.583. The lowest BCUT2D eigenvalue weighted by Crippen LogP contribution is -2.30. The highest BCUT2D eigenvalue weighted by atomic mass is 32.2. The lowest BCUT2D eigenvalue weighted by Gasteiger charge is -2.17. The van der Waals surface area contributed by atoms with Gasteiger partial charge in [-0.25, -0.2) is 13.6 Å². The molecule has 104 valence electrons. The van der Waals surface area contributed by atoms with Crippen LogP contribution in [0.1, 0.15) is 42.2 Å². The minimum absolute atomic E-state index is 0.0203. The molecule has 7 heteroatoms. The minimum Gasteiger partial charge on any atom is -0.339 e. The van der Waals surface area contributed by atoms with Gasteiger partial charge in [0, 0.05) is 25.3 Å². The molecule has 1 aromatic heterocycles. The Morgan fingerprint density at radius 3 is 2.47 bits per heavy atom. The van der Waals surface area contributed by atoms with Gasteiger partial charge in [0.1, 0.15) is 10.6 Å². The average Bonchev–Trinajstić information content (AvgIpc) is 3.23. The van der Waals surface area contributed by atoms with Gasteiger partial charge < -0.3 is 9.47 Å². The molecule has 0 saturated heterocycles. The van der Waals surface area contributed by atoms with Gasteiger partial charge in [-0.05, 0) is 31.7 Å². The molecule has 1 amide bonds. The zero-order valence-electron chi connectivity index (χ0n) is 10.7. The van der Waals surface area contributed by atoms with Crippen LogP contribution in [-0.2, 0) is 10.0 Å². The van der Waals surface area contributed by atoms with Crippen LogP contribution >= 0.6 is 0 Å². The third-order valence-electron chi connectivity index (χ3n) is 3.73. The van der Waals surface area contributed by atoms with E-state index in [0.717, 1.165) is 25.7 Å². The number of amides is 1. The van der Waals surface area contributed by atoms with Crippen LogP contribution in [0.5, 0.6) is 0 Å². The Kier molecular flexibility index (Phi) is 2.72. The van der Waals surface area contributed by atoms with Gasteiger partial charge in [-0.15, -0.1) is 0 Å². The van der Waals surface area contributed by atoms with Gasteiger partial charge in [0.15, 0.2) is 0 Å². The summed E-state index contributed by atoms with van der Waals surface area (Å²) in [4.78, 5) is 14.1. The number of sulfonamides is 1. The summed E-state index contributed by atoms with van der Waals surface area (Å²) in [6.07, 6.45) is 5.49. The number of aromatic nitrogens is 1. The van der Waals surface area contributed by atoms with Crippen LogP contribution in [-0.4, -0.2) is 36.9 Å². The van der Waals surface area contributed by atoms with E-state index in [9.17, 15) is 13.2 Å². The second kappa shape index (κ2) is 4.08. The van der Waals surface area contributed by atoms with Gasteiger partial charge in [0.25, 0.3) is 5.91 Å². The van der Waals surface area contributed by atoms with Crippen LogP contribution in [0.15, 0.2) is 17.2 Å². The Morgan fingerprint density at radius 1 is 1.37 bits per heavy atom. The van der Waals surface area contributed by atoms with E-state index in [4.69, 9.17) is 5.14 Å². The molecule has 0 aromatic carbocycles. The Balaban J connectivity index is 1.98. The first-order chi connectivity index (χ1) is 8.88. The maximum Gasteiger partial charge on any atom is 0.270 e. The molecule has 0 atom stereocenters. The van der Waals surface area contributed by atoms with Crippen molar-refractivity contribution in [3.05, 3.63) is 18.0 Å². The number of hydrogen-bond acceptors (Lipinski definition) is 3. The predicted octanol–water partition coefficient (Wildman–Crippen LogP) is 0.705. The molecule has 1 aromatic rings. The van der Waals surface area contributed by atoms with Gasteiger partial charge in [-0.1, -0.05) is 0 Å². The van der Waals surface area contributed by atoms with Crippen molar-refractivity contribution in [2.45, 2.75) is 42.7 Å². The summed E-state index contributed by atoms with van der Waals surface area (Å²) in [6.45, 7) is 0. The van der Waals surface area contributed by atoms with Crippen LogP contribution in [0, 0.1) is 0 Å². The molecule has 0 radical (unpaired) electrons. The Hall–Kier alpha value is -1.34. The van der Waals surface area contributed by atoms with Crippen molar-refractivity contribution in [3.8, 4) is 0 Å². The average molecular weight is 283 g/mol. The first kappa shape index (κ1) is 12.7. The number of primary sulfonamides is 1. The fourth-order valence-corrected chi connectivity index (χ4v) is 2.78. The highest BCUT2D eigenvalue weighted by molar-refractivity contribution is 7.89. The number of nitrogens with zero attached hydrogens (tertiary/aromatic N) is 2. The Labute approximate surface area is 112 Å². The largest absolute Gasteiger partial charge is 0.339 e. The second-order valence-corrected chi connectivity index (χ2v) is 6.95. The van der Waals surface area contributed by atoms with E-state index in [1.165, 1.54) is 12.3 Å². The smallest absolute Gasteiger partial charge is 0.270 e. The zero-order chi connectivity index (χ0) is 13.8. The molecule has 0 bridgehead atoms. The lowest BCUT2D eigenvalue weighted by atomic mass is 10.3. The molecule has 19 heavy (non-hydrogen) atoms. The maximum atomic E-state index is 12.4. The summed E-state index contributed by atoms with van der Waals surface area (Å²) < 4.78 is 24.6. The molecule has 2 fully saturated rings. The summed E-state index contributed by atoms with van der Waals surface area (Å²) in [5.74, 6) is -0.121. The molecular formula is C12H17N3O3S. The quantitative estimate of drug-likeness (QED) is 0.882. The summed E-state index contributed by atoms with van der Waals surface area (Å²) in [6, 6.07) is 1.93. The van der Waals surface area contributed by atoms with E-state index < -0.39 is 10.0 Å². The van der Waals surface area contributed by atoms with Gasteiger partial charge in [0.2, 0.25) is 10.0 Å². The second-order valence-electron chi connectivity index (χ2n) is 5.39. The van der Waals surface area contributed by atoms with Crippen molar-refractivity contribution in [1.29, 1.82) is 0 Å². The van der Waals surface area contributed by atoms with Crippen molar-refractivity contribution < 1.29 is 13.2 Å². The Bertz CT molecular complexity index is 627. The molecule has 0 unspecified atom stereocenters. The first-order valence-electron chi connectivity index (χ1n) is 6.40. The van der Waals surface area contributed by atoms with Gasteiger partial charge in [-0.3, -0.25) is 4.79 Å². The van der Waals surface area contributed by atoms with E-state index in [-0.39, 0.29) is 16.8 Å².